The lowest BCUT2D eigenvalue weighted by atomic mass is 10.0. The van der Waals surface area contributed by atoms with Crippen molar-refractivity contribution in [2.75, 3.05) is 27.3 Å². The summed E-state index contributed by atoms with van der Waals surface area (Å²) in [6.07, 6.45) is -0.108. The van der Waals surface area contributed by atoms with Gasteiger partial charge in [0.15, 0.2) is 0 Å². The fraction of sp³-hybridized carbons (Fsp3) is 0.421. The van der Waals surface area contributed by atoms with Crippen LogP contribution in [-0.2, 0) is 19.1 Å². The van der Waals surface area contributed by atoms with Gasteiger partial charge in [-0.05, 0) is 32.0 Å². The van der Waals surface area contributed by atoms with Crippen LogP contribution in [0.1, 0.15) is 51.3 Å². The highest BCUT2D eigenvalue weighted by molar-refractivity contribution is 6.22. The Bertz CT molecular complexity index is 832. The molecule has 0 unspecified atom stereocenters. The van der Waals surface area contributed by atoms with Crippen molar-refractivity contribution in [3.63, 3.8) is 0 Å². The average molecular weight is 390 g/mol. The van der Waals surface area contributed by atoms with Crippen molar-refractivity contribution in [1.29, 1.82) is 0 Å². The molecule has 28 heavy (non-hydrogen) atoms. The van der Waals surface area contributed by atoms with E-state index in [0.717, 1.165) is 9.80 Å². The Hall–Kier alpha value is -3.23. The monoisotopic (exact) mass is 390 g/mol. The van der Waals surface area contributed by atoms with E-state index >= 15 is 0 Å². The maximum absolute atomic E-state index is 12.9. The number of amides is 3. The highest BCUT2D eigenvalue weighted by Gasteiger charge is 2.37. The Morgan fingerprint density at radius 2 is 1.61 bits per heavy atom. The number of hydrogen-bond acceptors (Lipinski definition) is 7. The van der Waals surface area contributed by atoms with Gasteiger partial charge >= 0.3 is 11.9 Å². The number of hydrogen-bond donors (Lipinski definition) is 0. The van der Waals surface area contributed by atoms with Gasteiger partial charge in [0.25, 0.3) is 17.7 Å². The molecule has 9 heteroatoms. The van der Waals surface area contributed by atoms with E-state index in [0.29, 0.717) is 0 Å². The van der Waals surface area contributed by atoms with Crippen LogP contribution in [0.25, 0.3) is 0 Å². The van der Waals surface area contributed by atoms with Crippen LogP contribution < -0.4 is 0 Å². The number of methoxy groups -OCH3 is 2. The summed E-state index contributed by atoms with van der Waals surface area (Å²) >= 11 is 0. The van der Waals surface area contributed by atoms with Gasteiger partial charge in [-0.25, -0.2) is 0 Å². The molecule has 2 rings (SSSR count). The number of esters is 2. The van der Waals surface area contributed by atoms with Gasteiger partial charge < -0.3 is 14.4 Å². The molecule has 0 aromatic heterocycles. The van der Waals surface area contributed by atoms with Gasteiger partial charge in [0.05, 0.1) is 31.8 Å². The molecule has 150 valence electrons. The second-order valence-corrected chi connectivity index (χ2v) is 6.46. The van der Waals surface area contributed by atoms with Crippen molar-refractivity contribution in [2.45, 2.75) is 26.3 Å². The second kappa shape index (κ2) is 8.64. The number of carbonyl (C=O) groups is 5. The summed E-state index contributed by atoms with van der Waals surface area (Å²) in [4.78, 5) is 63.0. The zero-order valence-corrected chi connectivity index (χ0v) is 16.2. The summed E-state index contributed by atoms with van der Waals surface area (Å²) in [6.45, 7) is 3.01. The molecule has 0 saturated heterocycles. The maximum atomic E-state index is 12.9. The van der Waals surface area contributed by atoms with E-state index in [9.17, 15) is 24.0 Å². The van der Waals surface area contributed by atoms with Gasteiger partial charge in [0.2, 0.25) is 0 Å². The van der Waals surface area contributed by atoms with Crippen LogP contribution in [-0.4, -0.2) is 72.8 Å². The molecular formula is C19H22N2O7. The molecule has 0 radical (unpaired) electrons. The van der Waals surface area contributed by atoms with E-state index in [-0.39, 0.29) is 42.2 Å². The Morgan fingerprint density at radius 1 is 1.00 bits per heavy atom. The standard InChI is InChI=1S/C19H22N2O7/c1-11(2)21-18(25)13-6-5-12(9-14(13)19(21)26)17(24)20(10-16(23)28-4)8-7-15(22)27-3/h5-6,9,11H,7-8,10H2,1-4H3. The summed E-state index contributed by atoms with van der Waals surface area (Å²) in [5.74, 6) is -2.65. The summed E-state index contributed by atoms with van der Waals surface area (Å²) in [5.41, 5.74) is 0.485. The van der Waals surface area contributed by atoms with Gasteiger partial charge in [0.1, 0.15) is 6.54 Å². The van der Waals surface area contributed by atoms with E-state index in [2.05, 4.69) is 9.47 Å². The van der Waals surface area contributed by atoms with Crippen molar-refractivity contribution in [1.82, 2.24) is 9.80 Å². The van der Waals surface area contributed by atoms with Crippen LogP contribution in [0.4, 0.5) is 0 Å². The minimum Gasteiger partial charge on any atom is -0.469 e. The lowest BCUT2D eigenvalue weighted by Crippen LogP contribution is -2.38. The number of fused-ring (bicyclic) bond motifs is 1. The molecule has 1 aromatic rings. The van der Waals surface area contributed by atoms with E-state index in [1.807, 2.05) is 0 Å². The summed E-state index contributed by atoms with van der Waals surface area (Å²) < 4.78 is 9.15. The van der Waals surface area contributed by atoms with Gasteiger partial charge in [-0.2, -0.15) is 0 Å². The average Bonchev–Trinajstić information content (AvgIpc) is 2.93. The highest BCUT2D eigenvalue weighted by atomic mass is 16.5. The molecule has 1 heterocycles. The van der Waals surface area contributed by atoms with Crippen molar-refractivity contribution < 1.29 is 33.4 Å². The number of rotatable bonds is 7. The molecule has 0 N–H and O–H groups in total. The molecule has 9 nitrogen and oxygen atoms in total. The molecule has 0 bridgehead atoms. The predicted molar refractivity (Wildman–Crippen MR) is 96.6 cm³/mol. The number of benzene rings is 1. The SMILES string of the molecule is COC(=O)CCN(CC(=O)OC)C(=O)c1ccc2c(c1)C(=O)N(C(C)C)C2=O. The van der Waals surface area contributed by atoms with Crippen LogP contribution >= 0.6 is 0 Å². The normalized spacial score (nSPS) is 12.8. The quantitative estimate of drug-likeness (QED) is 0.502. The topological polar surface area (TPSA) is 110 Å². The molecule has 0 aliphatic carbocycles. The smallest absolute Gasteiger partial charge is 0.325 e. The maximum Gasteiger partial charge on any atom is 0.325 e. The summed E-state index contributed by atoms with van der Waals surface area (Å²) in [7, 11) is 2.41. The van der Waals surface area contributed by atoms with Crippen molar-refractivity contribution in [3.05, 3.63) is 34.9 Å². The molecule has 0 spiro atoms. The van der Waals surface area contributed by atoms with E-state index < -0.39 is 29.7 Å². The van der Waals surface area contributed by atoms with Crippen LogP contribution in [0.2, 0.25) is 0 Å². The van der Waals surface area contributed by atoms with Gasteiger partial charge in [0, 0.05) is 18.2 Å². The van der Waals surface area contributed by atoms with Gasteiger partial charge in [-0.3, -0.25) is 28.9 Å². The fourth-order valence-electron chi connectivity index (χ4n) is 2.85. The number of carbonyl (C=O) groups excluding carboxylic acids is 5. The first-order valence-electron chi connectivity index (χ1n) is 8.66. The van der Waals surface area contributed by atoms with E-state index in [1.54, 1.807) is 13.8 Å². The summed E-state index contributed by atoms with van der Waals surface area (Å²) in [5, 5.41) is 0. The Balaban J connectivity index is 2.30. The summed E-state index contributed by atoms with van der Waals surface area (Å²) in [6, 6.07) is 3.85. The van der Waals surface area contributed by atoms with Gasteiger partial charge in [-0.1, -0.05) is 0 Å². The Kier molecular flexibility index (Phi) is 6.50. The molecule has 0 atom stereocenters. The second-order valence-electron chi connectivity index (χ2n) is 6.46. The largest absolute Gasteiger partial charge is 0.469 e. The molecule has 1 aromatic carbocycles. The Labute approximate surface area is 162 Å². The molecular weight excluding hydrogens is 368 g/mol. The molecule has 0 saturated carbocycles. The number of nitrogens with zero attached hydrogens (tertiary/aromatic N) is 2. The first-order chi connectivity index (χ1) is 13.2. The zero-order chi connectivity index (χ0) is 21.0. The lowest BCUT2D eigenvalue weighted by molar-refractivity contribution is -0.143. The van der Waals surface area contributed by atoms with Crippen LogP contribution in [0.15, 0.2) is 18.2 Å². The molecule has 1 aliphatic rings. The van der Waals surface area contributed by atoms with Gasteiger partial charge in [-0.15, -0.1) is 0 Å². The van der Waals surface area contributed by atoms with Crippen LogP contribution in [0.3, 0.4) is 0 Å². The third-order valence-electron chi connectivity index (χ3n) is 4.33. The van der Waals surface area contributed by atoms with Crippen LogP contribution in [0, 0.1) is 0 Å². The first kappa shape index (κ1) is 21.1. The Morgan fingerprint density at radius 3 is 2.18 bits per heavy atom. The predicted octanol–water partition coefficient (Wildman–Crippen LogP) is 0.869. The van der Waals surface area contributed by atoms with Crippen molar-refractivity contribution in [2.24, 2.45) is 0 Å². The number of imide groups is 1. The third-order valence-corrected chi connectivity index (χ3v) is 4.33. The highest BCUT2D eigenvalue weighted by Crippen LogP contribution is 2.26. The molecule has 3 amide bonds. The van der Waals surface area contributed by atoms with E-state index in [1.165, 1.54) is 32.4 Å². The van der Waals surface area contributed by atoms with Crippen LogP contribution in [0.5, 0.6) is 0 Å². The third kappa shape index (κ3) is 4.19. The minimum absolute atomic E-state index is 0.0668. The fourth-order valence-corrected chi connectivity index (χ4v) is 2.85. The lowest BCUT2D eigenvalue weighted by Gasteiger charge is -2.21. The van der Waals surface area contributed by atoms with Crippen molar-refractivity contribution in [3.8, 4) is 0 Å². The zero-order valence-electron chi connectivity index (χ0n) is 16.2. The first-order valence-corrected chi connectivity index (χ1v) is 8.66. The minimum atomic E-state index is -0.656. The number of ether oxygens (including phenoxy) is 2. The van der Waals surface area contributed by atoms with E-state index in [4.69, 9.17) is 0 Å². The molecule has 1 aliphatic heterocycles. The van der Waals surface area contributed by atoms with Crippen molar-refractivity contribution >= 4 is 29.7 Å². The molecule has 0 fully saturated rings.